The van der Waals surface area contributed by atoms with Gasteiger partial charge in [-0.1, -0.05) is 115 Å². The summed E-state index contributed by atoms with van der Waals surface area (Å²) in [5.74, 6) is 3.96. The number of thiol groups is 1. The number of rotatable bonds is 28. The van der Waals surface area contributed by atoms with E-state index < -0.39 is 37.1 Å². The minimum atomic E-state index is -1.42. The molecule has 4 heterocycles. The summed E-state index contributed by atoms with van der Waals surface area (Å²) in [6, 6.07) is 21.5. The summed E-state index contributed by atoms with van der Waals surface area (Å²) in [6.07, 6.45) is 25.6. The third-order valence-electron chi connectivity index (χ3n) is 9.84. The standard InChI is InChI=1S/C14H18O3.C11H14O3.C11H16O2.C9H12O2.C7H6O2S.C6H10O3P.C5H9ClO2/c1-3-5-6-12-7-8-13(17-12)9-10-14(15)16-11-4-2;1-2-3-4-9-5-6-10(14-9)7-8-11(12)13;1-2-3-5-10-7-8-11(13-10)6-4-9-12;1-2-3-4-8-5-6-9(7-10)11-8;8-7(9)5-3-1-2-4-6(5)10;1-3-4-9-6(7)5-10(2)8;1-4(2)3-8-5(6)7/h4,7-10H,2-3,5-6,11H2,1H3;5-8H,2-4H2,1H3,(H,12,13);4,6-8,12H,2-3,5,9H2,1H3;5-7H,2-4H2,1H3;1-4,10H,(H,8,9);3H,1,4-5H2,2H3;4H,3H2,1-2H3/q;;;;;+1;/b10-9+;8-7+;6-4+;;;;. The van der Waals surface area contributed by atoms with Gasteiger partial charge in [0, 0.05) is 54.3 Å². The second kappa shape index (κ2) is 51.6. The first-order chi connectivity index (χ1) is 39.7. The number of ether oxygens (including phenoxy) is 3. The molecule has 83 heavy (non-hydrogen) atoms. The van der Waals surface area contributed by atoms with Gasteiger partial charge in [-0.15, -0.1) is 12.6 Å². The number of aldehydes is 1. The Morgan fingerprint density at radius 3 is 1.40 bits per heavy atom. The fraction of sp³-hybridized carbons (Fsp3) is 0.397. The number of aromatic carboxylic acids is 1. The van der Waals surface area contributed by atoms with E-state index in [4.69, 9.17) is 49.3 Å². The van der Waals surface area contributed by atoms with Crippen LogP contribution in [0.25, 0.3) is 18.2 Å². The first-order valence-electron chi connectivity index (χ1n) is 27.1. The Balaban J connectivity index is 0. The monoisotopic (exact) mass is 1210 g/mol. The first-order valence-corrected chi connectivity index (χ1v) is 29.9. The summed E-state index contributed by atoms with van der Waals surface area (Å²) >= 11 is 8.82. The molecule has 0 saturated carbocycles. The Morgan fingerprint density at radius 1 is 0.639 bits per heavy atom. The van der Waals surface area contributed by atoms with Gasteiger partial charge in [0.25, 0.3) is 0 Å². The van der Waals surface area contributed by atoms with E-state index in [1.807, 2.05) is 50.2 Å². The van der Waals surface area contributed by atoms with Crippen LogP contribution in [0.2, 0.25) is 0 Å². The smallest absolute Gasteiger partial charge is 0.403 e. The van der Waals surface area contributed by atoms with Gasteiger partial charge in [-0.2, -0.15) is 0 Å². The molecule has 4 aromatic heterocycles. The molecule has 20 heteroatoms. The lowest BCUT2D eigenvalue weighted by Gasteiger charge is -2.00. The van der Waals surface area contributed by atoms with E-state index in [0.29, 0.717) is 34.7 Å². The zero-order valence-electron chi connectivity index (χ0n) is 49.0. The predicted octanol–water partition coefficient (Wildman–Crippen LogP) is 16.0. The molecule has 0 aliphatic carbocycles. The molecule has 0 aliphatic heterocycles. The second-order valence-corrected chi connectivity index (χ2v) is 20.1. The number of unbranched alkanes of at least 4 members (excludes halogenated alkanes) is 4. The van der Waals surface area contributed by atoms with Crippen molar-refractivity contribution in [1.82, 2.24) is 0 Å². The maximum Gasteiger partial charge on any atom is 0.403 e. The number of esters is 2. The van der Waals surface area contributed by atoms with E-state index in [-0.39, 0.29) is 31.5 Å². The van der Waals surface area contributed by atoms with Gasteiger partial charge in [-0.05, 0) is 110 Å². The van der Waals surface area contributed by atoms with E-state index in [1.54, 1.807) is 48.6 Å². The van der Waals surface area contributed by atoms with Crippen molar-refractivity contribution in [3.63, 3.8) is 0 Å². The van der Waals surface area contributed by atoms with Gasteiger partial charge in [0.15, 0.2) is 12.0 Å². The van der Waals surface area contributed by atoms with E-state index in [2.05, 4.69) is 63.0 Å². The van der Waals surface area contributed by atoms with Gasteiger partial charge in [0.05, 0.1) is 18.8 Å². The van der Waals surface area contributed by atoms with Gasteiger partial charge in [-0.25, -0.2) is 24.0 Å². The third-order valence-corrected chi connectivity index (χ3v) is 11.0. The number of benzene rings is 1. The number of hydrogen-bond acceptors (Lipinski definition) is 16. The minimum absolute atomic E-state index is 0.00315. The zero-order valence-corrected chi connectivity index (χ0v) is 51.5. The summed E-state index contributed by atoms with van der Waals surface area (Å²) in [5.41, 5.74) is -0.482. The number of aryl methyl sites for hydroxylation is 4. The fourth-order valence-electron chi connectivity index (χ4n) is 5.78. The van der Waals surface area contributed by atoms with Gasteiger partial charge >= 0.3 is 37.1 Å². The zero-order chi connectivity index (χ0) is 62.6. The number of carbonyl (C=O) groups is 6. The van der Waals surface area contributed by atoms with Crippen LogP contribution >= 0.6 is 32.0 Å². The molecule has 0 amide bonds. The van der Waals surface area contributed by atoms with Gasteiger partial charge in [0.2, 0.25) is 6.16 Å². The van der Waals surface area contributed by atoms with Crippen molar-refractivity contribution in [3.05, 3.63) is 168 Å². The minimum Gasteiger partial charge on any atom is -0.478 e. The van der Waals surface area contributed by atoms with Crippen LogP contribution in [0.3, 0.4) is 0 Å². The van der Waals surface area contributed by atoms with Crippen LogP contribution in [-0.4, -0.2) is 90.2 Å². The van der Waals surface area contributed by atoms with Crippen LogP contribution in [0.15, 0.2) is 139 Å². The highest BCUT2D eigenvalue weighted by molar-refractivity contribution is 7.80. The van der Waals surface area contributed by atoms with Crippen LogP contribution in [0, 0.1) is 5.92 Å². The number of halogens is 1. The molecule has 0 bridgehead atoms. The summed E-state index contributed by atoms with van der Waals surface area (Å²) in [6.45, 7) is 21.6. The Labute approximate surface area is 500 Å². The second-order valence-electron chi connectivity index (χ2n) is 17.8. The normalized spacial score (nSPS) is 10.4. The third kappa shape index (κ3) is 46.0. The van der Waals surface area contributed by atoms with Crippen molar-refractivity contribution in [2.24, 2.45) is 5.92 Å². The molecule has 5 rings (SSSR count). The van der Waals surface area contributed by atoms with Crippen molar-refractivity contribution in [3.8, 4) is 0 Å². The Hall–Kier alpha value is -7.24. The maximum atomic E-state index is 11.2. The molecule has 0 spiro atoms. The van der Waals surface area contributed by atoms with E-state index in [1.165, 1.54) is 43.5 Å². The molecule has 5 aromatic rings. The van der Waals surface area contributed by atoms with Crippen LogP contribution in [0.4, 0.5) is 4.79 Å². The first kappa shape index (κ1) is 77.8. The van der Waals surface area contributed by atoms with Gasteiger partial charge in [-0.3, -0.25) is 4.79 Å². The lowest BCUT2D eigenvalue weighted by Crippen LogP contribution is -2.06. The van der Waals surface area contributed by atoms with Crippen molar-refractivity contribution >= 4 is 85.9 Å². The number of aliphatic hydroxyl groups excluding tert-OH is 1. The van der Waals surface area contributed by atoms with Crippen molar-refractivity contribution in [1.29, 1.82) is 0 Å². The highest BCUT2D eigenvalue weighted by atomic mass is 35.5. The average Bonchev–Trinajstić information content (AvgIpc) is 4.32. The maximum absolute atomic E-state index is 11.2. The summed E-state index contributed by atoms with van der Waals surface area (Å²) in [5, 5.41) is 25.5. The SMILES string of the molecule is C=CCOC(=O)/C=C/c1ccc(CCCC)o1.C=CCOC(=O)C[P+](C)=O.CC(C)COC(=O)Cl.CCCCc1ccc(/C=C/C(=O)O)o1.CCCCc1ccc(/C=C/CO)o1.CCCCc1ccc(C=O)o1.O=C(O)c1ccccc1S. The number of aliphatic carboxylic acids is 1. The van der Waals surface area contributed by atoms with Gasteiger partial charge in [0.1, 0.15) is 60.2 Å². The van der Waals surface area contributed by atoms with Crippen molar-refractivity contribution in [2.45, 2.75) is 123 Å². The molecular formula is C63H85ClO17PS+. The molecule has 0 radical (unpaired) electrons. The van der Waals surface area contributed by atoms with E-state index in [0.717, 1.165) is 112 Å². The lowest BCUT2D eigenvalue weighted by atomic mass is 10.2. The lowest BCUT2D eigenvalue weighted by molar-refractivity contribution is -0.139. The number of carboxylic acids is 2. The highest BCUT2D eigenvalue weighted by Crippen LogP contribution is 2.16. The molecule has 1 atom stereocenters. The molecule has 0 aliphatic rings. The van der Waals surface area contributed by atoms with Crippen LogP contribution in [0.5, 0.6) is 0 Å². The molecule has 0 saturated heterocycles. The summed E-state index contributed by atoms with van der Waals surface area (Å²) in [4.78, 5) is 62.9. The van der Waals surface area contributed by atoms with Crippen LogP contribution < -0.4 is 0 Å². The number of aliphatic hydroxyl groups is 1. The average molecular weight is 1210 g/mol. The predicted molar refractivity (Wildman–Crippen MR) is 330 cm³/mol. The molecule has 3 N–H and O–H groups in total. The summed E-state index contributed by atoms with van der Waals surface area (Å²) in [7, 11) is -1.42. The number of hydrogen-bond donors (Lipinski definition) is 4. The quantitative estimate of drug-likeness (QED) is 0.00530. The highest BCUT2D eigenvalue weighted by Gasteiger charge is 2.14. The van der Waals surface area contributed by atoms with E-state index >= 15 is 0 Å². The number of carboxylic acid groups (broad SMARTS) is 2. The molecule has 456 valence electrons. The fourth-order valence-corrected chi connectivity index (χ4v) is 6.55. The van der Waals surface area contributed by atoms with Gasteiger partial charge < -0.3 is 47.2 Å². The molecule has 1 aromatic carbocycles. The molecular weight excluding hydrogens is 1130 g/mol. The Morgan fingerprint density at radius 2 is 1.06 bits per heavy atom. The molecule has 1 unspecified atom stereocenters. The van der Waals surface area contributed by atoms with Crippen LogP contribution in [0.1, 0.15) is 154 Å². The van der Waals surface area contributed by atoms with Crippen molar-refractivity contribution < 1.29 is 80.5 Å². The largest absolute Gasteiger partial charge is 0.478 e. The van der Waals surface area contributed by atoms with Crippen LogP contribution in [-0.2, 0) is 58.8 Å². The summed E-state index contributed by atoms with van der Waals surface area (Å²) < 4.78 is 45.8. The Bertz CT molecular complexity index is 2690. The van der Waals surface area contributed by atoms with Crippen molar-refractivity contribution in [2.75, 3.05) is 39.3 Å². The van der Waals surface area contributed by atoms with E-state index in [9.17, 15) is 33.3 Å². The topological polar surface area (TPSA) is 260 Å². The molecule has 17 nitrogen and oxygen atoms in total. The molecule has 0 fully saturated rings. The Kier molecular flexibility index (Phi) is 48.4. The number of furan rings is 4. The number of carbonyl (C=O) groups excluding carboxylic acids is 4.